The van der Waals surface area contributed by atoms with E-state index in [0.29, 0.717) is 12.5 Å². The van der Waals surface area contributed by atoms with Crippen LogP contribution in [0.15, 0.2) is 17.1 Å². The third-order valence-electron chi connectivity index (χ3n) is 2.03. The van der Waals surface area contributed by atoms with Gasteiger partial charge in [-0.1, -0.05) is 13.8 Å². The Bertz CT molecular complexity index is 317. The fourth-order valence-corrected chi connectivity index (χ4v) is 2.05. The molecule has 0 radical (unpaired) electrons. The Labute approximate surface area is 95.4 Å². The molecule has 0 unspecified atom stereocenters. The number of hydrogen-bond acceptors (Lipinski definition) is 2. The number of guanidine groups is 1. The standard InChI is InChI=1S/C11H19N3S/c1-3-7-13-11(12)14-8-10-6-5-9(4-2)15-10/h5-6H,3-4,7-8H2,1-2H3,(H3,12,13,14). The summed E-state index contributed by atoms with van der Waals surface area (Å²) in [5.74, 6) is 0.545. The predicted octanol–water partition coefficient (Wildman–Crippen LogP) is 2.12. The second-order valence-corrected chi connectivity index (χ2v) is 4.60. The van der Waals surface area contributed by atoms with Gasteiger partial charge in [0.15, 0.2) is 5.96 Å². The molecule has 0 aliphatic carbocycles. The fraction of sp³-hybridized carbons (Fsp3) is 0.545. The molecule has 1 aromatic heterocycles. The van der Waals surface area contributed by atoms with Gasteiger partial charge in [0.25, 0.3) is 0 Å². The van der Waals surface area contributed by atoms with E-state index in [4.69, 9.17) is 5.73 Å². The first kappa shape index (κ1) is 12.0. The first-order valence-corrected chi connectivity index (χ1v) is 6.19. The molecule has 1 rings (SSSR count). The largest absolute Gasteiger partial charge is 0.370 e. The molecule has 0 fully saturated rings. The third kappa shape index (κ3) is 4.34. The van der Waals surface area contributed by atoms with Crippen LogP contribution in [0.3, 0.4) is 0 Å². The average Bonchev–Trinajstić information content (AvgIpc) is 2.71. The van der Waals surface area contributed by atoms with Crippen LogP contribution in [0.1, 0.15) is 30.0 Å². The molecule has 0 atom stereocenters. The highest BCUT2D eigenvalue weighted by molar-refractivity contribution is 7.11. The van der Waals surface area contributed by atoms with Crippen LogP contribution in [0.25, 0.3) is 0 Å². The predicted molar refractivity (Wildman–Crippen MR) is 67.3 cm³/mol. The molecule has 15 heavy (non-hydrogen) atoms. The van der Waals surface area contributed by atoms with Crippen LogP contribution in [0.5, 0.6) is 0 Å². The molecule has 0 saturated heterocycles. The number of hydrogen-bond donors (Lipinski definition) is 2. The minimum absolute atomic E-state index is 0.545. The Morgan fingerprint density at radius 2 is 2.13 bits per heavy atom. The molecular weight excluding hydrogens is 206 g/mol. The second-order valence-electron chi connectivity index (χ2n) is 3.35. The molecule has 0 aliphatic rings. The lowest BCUT2D eigenvalue weighted by molar-refractivity contribution is 0.826. The lowest BCUT2D eigenvalue weighted by Gasteiger charge is -2.02. The van der Waals surface area contributed by atoms with Gasteiger partial charge in [-0.15, -0.1) is 11.3 Å². The van der Waals surface area contributed by atoms with Gasteiger partial charge in [0.2, 0.25) is 0 Å². The molecule has 4 heteroatoms. The van der Waals surface area contributed by atoms with Gasteiger partial charge in [-0.3, -0.25) is 0 Å². The zero-order chi connectivity index (χ0) is 11.1. The summed E-state index contributed by atoms with van der Waals surface area (Å²) < 4.78 is 0. The molecule has 0 aliphatic heterocycles. The molecule has 1 aromatic rings. The number of nitrogens with two attached hydrogens (primary N) is 1. The summed E-state index contributed by atoms with van der Waals surface area (Å²) >= 11 is 1.81. The van der Waals surface area contributed by atoms with Crippen LogP contribution in [0, 0.1) is 0 Å². The highest BCUT2D eigenvalue weighted by Gasteiger charge is 1.97. The zero-order valence-corrected chi connectivity index (χ0v) is 10.2. The summed E-state index contributed by atoms with van der Waals surface area (Å²) in [4.78, 5) is 6.95. The van der Waals surface area contributed by atoms with E-state index in [1.54, 1.807) is 0 Å². The first-order valence-electron chi connectivity index (χ1n) is 5.37. The van der Waals surface area contributed by atoms with Gasteiger partial charge in [-0.05, 0) is 25.0 Å². The van der Waals surface area contributed by atoms with Gasteiger partial charge in [0.1, 0.15) is 0 Å². The molecule has 1 heterocycles. The topological polar surface area (TPSA) is 50.4 Å². The van der Waals surface area contributed by atoms with E-state index < -0.39 is 0 Å². The smallest absolute Gasteiger partial charge is 0.188 e. The number of nitrogens with zero attached hydrogens (tertiary/aromatic N) is 1. The maximum Gasteiger partial charge on any atom is 0.188 e. The SMILES string of the molecule is CCCNC(N)=NCc1ccc(CC)s1. The van der Waals surface area contributed by atoms with Gasteiger partial charge in [0, 0.05) is 16.3 Å². The molecule has 3 N–H and O–H groups in total. The highest BCUT2D eigenvalue weighted by atomic mass is 32.1. The molecule has 84 valence electrons. The minimum Gasteiger partial charge on any atom is -0.370 e. The summed E-state index contributed by atoms with van der Waals surface area (Å²) in [5.41, 5.74) is 5.69. The van der Waals surface area contributed by atoms with E-state index >= 15 is 0 Å². The van der Waals surface area contributed by atoms with E-state index in [9.17, 15) is 0 Å². The fourth-order valence-electron chi connectivity index (χ4n) is 1.17. The van der Waals surface area contributed by atoms with Crippen molar-refractivity contribution in [1.82, 2.24) is 5.32 Å². The maximum absolute atomic E-state index is 5.69. The summed E-state index contributed by atoms with van der Waals surface area (Å²) in [5, 5.41) is 3.06. The first-order chi connectivity index (χ1) is 7.26. The summed E-state index contributed by atoms with van der Waals surface area (Å²) in [6.07, 6.45) is 2.16. The lowest BCUT2D eigenvalue weighted by atomic mass is 10.4. The number of thiophene rings is 1. The molecule has 0 amide bonds. The zero-order valence-electron chi connectivity index (χ0n) is 9.42. The number of rotatable bonds is 5. The number of aliphatic imine (C=N–C) groups is 1. The van der Waals surface area contributed by atoms with E-state index in [1.807, 2.05) is 11.3 Å². The molecular formula is C11H19N3S. The lowest BCUT2D eigenvalue weighted by Crippen LogP contribution is -2.32. The van der Waals surface area contributed by atoms with Crippen LogP contribution in [0.4, 0.5) is 0 Å². The van der Waals surface area contributed by atoms with E-state index in [0.717, 1.165) is 19.4 Å². The minimum atomic E-state index is 0.545. The van der Waals surface area contributed by atoms with Crippen molar-refractivity contribution in [2.75, 3.05) is 6.54 Å². The van der Waals surface area contributed by atoms with Crippen molar-refractivity contribution in [3.05, 3.63) is 21.9 Å². The Hall–Kier alpha value is -1.03. The van der Waals surface area contributed by atoms with Crippen molar-refractivity contribution < 1.29 is 0 Å². The average molecular weight is 225 g/mol. The number of aryl methyl sites for hydroxylation is 1. The molecule has 0 saturated carbocycles. The van der Waals surface area contributed by atoms with Crippen molar-refractivity contribution in [2.45, 2.75) is 33.2 Å². The summed E-state index contributed by atoms with van der Waals surface area (Å²) in [6.45, 7) is 5.84. The normalized spacial score (nSPS) is 11.7. The Morgan fingerprint density at radius 3 is 2.73 bits per heavy atom. The Morgan fingerprint density at radius 1 is 1.40 bits per heavy atom. The Balaban J connectivity index is 2.41. The molecule has 0 aromatic carbocycles. The van der Waals surface area contributed by atoms with Crippen molar-refractivity contribution in [3.8, 4) is 0 Å². The van der Waals surface area contributed by atoms with E-state index in [-0.39, 0.29) is 0 Å². The van der Waals surface area contributed by atoms with Crippen molar-refractivity contribution in [1.29, 1.82) is 0 Å². The van der Waals surface area contributed by atoms with Crippen molar-refractivity contribution in [2.24, 2.45) is 10.7 Å². The summed E-state index contributed by atoms with van der Waals surface area (Å²) in [6, 6.07) is 4.28. The quantitative estimate of drug-likeness (QED) is 0.596. The van der Waals surface area contributed by atoms with E-state index in [1.165, 1.54) is 9.75 Å². The van der Waals surface area contributed by atoms with Gasteiger partial charge in [-0.2, -0.15) is 0 Å². The molecule has 0 bridgehead atoms. The van der Waals surface area contributed by atoms with E-state index in [2.05, 4.69) is 36.3 Å². The third-order valence-corrected chi connectivity index (χ3v) is 3.24. The van der Waals surface area contributed by atoms with Gasteiger partial charge in [0.05, 0.1) is 6.54 Å². The highest BCUT2D eigenvalue weighted by Crippen LogP contribution is 2.17. The van der Waals surface area contributed by atoms with Crippen molar-refractivity contribution >= 4 is 17.3 Å². The van der Waals surface area contributed by atoms with Gasteiger partial charge < -0.3 is 11.1 Å². The van der Waals surface area contributed by atoms with Gasteiger partial charge >= 0.3 is 0 Å². The summed E-state index contributed by atoms with van der Waals surface area (Å²) in [7, 11) is 0. The second kappa shape index (κ2) is 6.45. The maximum atomic E-state index is 5.69. The van der Waals surface area contributed by atoms with Crippen LogP contribution >= 0.6 is 11.3 Å². The van der Waals surface area contributed by atoms with Crippen LogP contribution < -0.4 is 11.1 Å². The van der Waals surface area contributed by atoms with Crippen LogP contribution in [0.2, 0.25) is 0 Å². The molecule has 0 spiro atoms. The van der Waals surface area contributed by atoms with Crippen molar-refractivity contribution in [3.63, 3.8) is 0 Å². The van der Waals surface area contributed by atoms with Crippen LogP contribution in [-0.2, 0) is 13.0 Å². The monoisotopic (exact) mass is 225 g/mol. The number of nitrogens with one attached hydrogen (secondary N) is 1. The van der Waals surface area contributed by atoms with Crippen LogP contribution in [-0.4, -0.2) is 12.5 Å². The Kier molecular flexibility index (Phi) is 5.18. The van der Waals surface area contributed by atoms with Gasteiger partial charge in [-0.25, -0.2) is 4.99 Å². The molecule has 3 nitrogen and oxygen atoms in total.